The minimum absolute atomic E-state index is 0.171. The number of nitrogens with one attached hydrogen (secondary N) is 1. The van der Waals surface area contributed by atoms with Gasteiger partial charge in [0.2, 0.25) is 5.91 Å². The molecule has 4 heteroatoms. The van der Waals surface area contributed by atoms with Crippen LogP contribution in [0.25, 0.3) is 0 Å². The van der Waals surface area contributed by atoms with E-state index in [2.05, 4.69) is 17.2 Å². The second kappa shape index (κ2) is 4.75. The molecule has 1 aromatic heterocycles. The van der Waals surface area contributed by atoms with Gasteiger partial charge in [0, 0.05) is 17.3 Å². The Bertz CT molecular complexity index is 348. The summed E-state index contributed by atoms with van der Waals surface area (Å²) in [4.78, 5) is 17.4. The minimum atomic E-state index is 0.171. The number of rotatable bonds is 3. The minimum Gasteiger partial charge on any atom is -0.356 e. The molecule has 1 aliphatic carbocycles. The molecule has 0 radical (unpaired) electrons. The van der Waals surface area contributed by atoms with E-state index in [4.69, 9.17) is 0 Å². The molecule has 3 nitrogen and oxygen atoms in total. The first-order chi connectivity index (χ1) is 7.31. The molecule has 0 saturated carbocycles. The summed E-state index contributed by atoms with van der Waals surface area (Å²) in [5.41, 5.74) is 3.09. The third-order valence-electron chi connectivity index (χ3n) is 2.81. The molecule has 0 aromatic carbocycles. The molecule has 1 unspecified atom stereocenters. The van der Waals surface area contributed by atoms with Crippen molar-refractivity contribution >= 4 is 17.2 Å². The van der Waals surface area contributed by atoms with Crippen LogP contribution < -0.4 is 5.32 Å². The molecule has 0 fully saturated rings. The Kier molecular flexibility index (Phi) is 3.36. The van der Waals surface area contributed by atoms with Gasteiger partial charge >= 0.3 is 0 Å². The van der Waals surface area contributed by atoms with Crippen molar-refractivity contribution in [3.63, 3.8) is 0 Å². The molecular formula is C11H16N2OS. The maximum absolute atomic E-state index is 11.8. The predicted molar refractivity (Wildman–Crippen MR) is 60.9 cm³/mol. The fourth-order valence-corrected chi connectivity index (χ4v) is 2.81. The van der Waals surface area contributed by atoms with Crippen LogP contribution in [0.4, 0.5) is 0 Å². The monoisotopic (exact) mass is 224 g/mol. The molecule has 1 N–H and O–H groups in total. The lowest BCUT2D eigenvalue weighted by atomic mass is 9.90. The van der Waals surface area contributed by atoms with Gasteiger partial charge in [-0.25, -0.2) is 4.98 Å². The van der Waals surface area contributed by atoms with Crippen LogP contribution in [-0.4, -0.2) is 17.4 Å². The van der Waals surface area contributed by atoms with Crippen molar-refractivity contribution in [2.24, 2.45) is 5.92 Å². The SMILES string of the molecule is CCCNC(=O)C1CCc2ncsc2C1. The highest BCUT2D eigenvalue weighted by Gasteiger charge is 2.25. The maximum atomic E-state index is 11.8. The third-order valence-corrected chi connectivity index (χ3v) is 3.70. The smallest absolute Gasteiger partial charge is 0.223 e. The van der Waals surface area contributed by atoms with Crippen LogP contribution in [0.5, 0.6) is 0 Å². The highest BCUT2D eigenvalue weighted by molar-refractivity contribution is 7.09. The van der Waals surface area contributed by atoms with E-state index in [0.29, 0.717) is 0 Å². The summed E-state index contributed by atoms with van der Waals surface area (Å²) >= 11 is 1.68. The van der Waals surface area contributed by atoms with Crippen molar-refractivity contribution in [1.82, 2.24) is 10.3 Å². The zero-order chi connectivity index (χ0) is 10.7. The average molecular weight is 224 g/mol. The van der Waals surface area contributed by atoms with Gasteiger partial charge in [0.15, 0.2) is 0 Å². The number of aryl methyl sites for hydroxylation is 1. The molecule has 15 heavy (non-hydrogen) atoms. The van der Waals surface area contributed by atoms with E-state index in [-0.39, 0.29) is 11.8 Å². The van der Waals surface area contributed by atoms with Crippen molar-refractivity contribution in [2.75, 3.05) is 6.54 Å². The predicted octanol–water partition coefficient (Wildman–Crippen LogP) is 1.77. The number of thiazole rings is 1. The zero-order valence-electron chi connectivity index (χ0n) is 8.95. The van der Waals surface area contributed by atoms with E-state index in [0.717, 1.165) is 32.2 Å². The third kappa shape index (κ3) is 2.37. The van der Waals surface area contributed by atoms with Gasteiger partial charge in [-0.1, -0.05) is 6.92 Å². The number of hydrogen-bond donors (Lipinski definition) is 1. The lowest BCUT2D eigenvalue weighted by molar-refractivity contribution is -0.125. The number of nitrogens with zero attached hydrogens (tertiary/aromatic N) is 1. The number of fused-ring (bicyclic) bond motifs is 1. The maximum Gasteiger partial charge on any atom is 0.223 e. The van der Waals surface area contributed by atoms with Gasteiger partial charge in [-0.15, -0.1) is 11.3 Å². The summed E-state index contributed by atoms with van der Waals surface area (Å²) in [5.74, 6) is 0.389. The molecule has 2 rings (SSSR count). The molecule has 1 heterocycles. The van der Waals surface area contributed by atoms with E-state index in [1.54, 1.807) is 11.3 Å². The van der Waals surface area contributed by atoms with E-state index in [9.17, 15) is 4.79 Å². The first-order valence-electron chi connectivity index (χ1n) is 5.50. The summed E-state index contributed by atoms with van der Waals surface area (Å²) in [5, 5.41) is 2.97. The first-order valence-corrected chi connectivity index (χ1v) is 6.38. The van der Waals surface area contributed by atoms with Crippen molar-refractivity contribution in [1.29, 1.82) is 0 Å². The molecule has 82 valence electrons. The molecule has 0 saturated heterocycles. The van der Waals surface area contributed by atoms with Gasteiger partial charge in [0.1, 0.15) is 0 Å². The molecule has 1 amide bonds. The summed E-state index contributed by atoms with van der Waals surface area (Å²) in [6.45, 7) is 2.87. The van der Waals surface area contributed by atoms with Gasteiger partial charge in [-0.3, -0.25) is 4.79 Å². The van der Waals surface area contributed by atoms with Crippen molar-refractivity contribution in [2.45, 2.75) is 32.6 Å². The second-order valence-electron chi connectivity index (χ2n) is 3.95. The highest BCUT2D eigenvalue weighted by atomic mass is 32.1. The van der Waals surface area contributed by atoms with E-state index >= 15 is 0 Å². The molecule has 1 atom stereocenters. The molecule has 1 aliphatic rings. The largest absolute Gasteiger partial charge is 0.356 e. The zero-order valence-corrected chi connectivity index (χ0v) is 9.77. The van der Waals surface area contributed by atoms with Crippen LogP contribution in [0.1, 0.15) is 30.3 Å². The Morgan fingerprint density at radius 1 is 1.73 bits per heavy atom. The molecule has 0 bridgehead atoms. The lowest BCUT2D eigenvalue weighted by Gasteiger charge is -2.20. The van der Waals surface area contributed by atoms with Crippen LogP contribution in [0.3, 0.4) is 0 Å². The number of carbonyl (C=O) groups excluding carboxylic acids is 1. The van der Waals surface area contributed by atoms with Gasteiger partial charge in [0.25, 0.3) is 0 Å². The number of amides is 1. The second-order valence-corrected chi connectivity index (χ2v) is 4.89. The number of carbonyl (C=O) groups is 1. The van der Waals surface area contributed by atoms with Crippen LogP contribution in [0.15, 0.2) is 5.51 Å². The molecule has 0 aliphatic heterocycles. The molecule has 0 spiro atoms. The Labute approximate surface area is 93.9 Å². The van der Waals surface area contributed by atoms with Gasteiger partial charge in [0.05, 0.1) is 11.2 Å². The summed E-state index contributed by atoms with van der Waals surface area (Å²) in [6.07, 6.45) is 3.80. The number of aromatic nitrogens is 1. The lowest BCUT2D eigenvalue weighted by Crippen LogP contribution is -2.34. The Balaban J connectivity index is 1.94. The fraction of sp³-hybridized carbons (Fsp3) is 0.636. The van der Waals surface area contributed by atoms with Crippen LogP contribution >= 0.6 is 11.3 Å². The molecule has 1 aromatic rings. The Morgan fingerprint density at radius 2 is 2.60 bits per heavy atom. The van der Waals surface area contributed by atoms with Crippen LogP contribution in [0, 0.1) is 5.92 Å². The van der Waals surface area contributed by atoms with Gasteiger partial charge in [-0.05, 0) is 25.7 Å². The highest BCUT2D eigenvalue weighted by Crippen LogP contribution is 2.27. The number of hydrogen-bond acceptors (Lipinski definition) is 3. The van der Waals surface area contributed by atoms with Crippen molar-refractivity contribution in [3.8, 4) is 0 Å². The quantitative estimate of drug-likeness (QED) is 0.850. The Hall–Kier alpha value is -0.900. The topological polar surface area (TPSA) is 42.0 Å². The Morgan fingerprint density at radius 3 is 3.40 bits per heavy atom. The normalized spacial score (nSPS) is 19.7. The fourth-order valence-electron chi connectivity index (χ4n) is 1.92. The molecular weight excluding hydrogens is 208 g/mol. The average Bonchev–Trinajstić information content (AvgIpc) is 2.72. The van der Waals surface area contributed by atoms with Crippen molar-refractivity contribution in [3.05, 3.63) is 16.1 Å². The van der Waals surface area contributed by atoms with Crippen LogP contribution in [-0.2, 0) is 17.6 Å². The van der Waals surface area contributed by atoms with Gasteiger partial charge in [-0.2, -0.15) is 0 Å². The van der Waals surface area contributed by atoms with Crippen LogP contribution in [0.2, 0.25) is 0 Å². The summed E-state index contributed by atoms with van der Waals surface area (Å²) in [7, 11) is 0. The summed E-state index contributed by atoms with van der Waals surface area (Å²) < 4.78 is 0. The van der Waals surface area contributed by atoms with E-state index in [1.807, 2.05) is 5.51 Å². The van der Waals surface area contributed by atoms with Gasteiger partial charge < -0.3 is 5.32 Å². The first kappa shape index (κ1) is 10.6. The summed E-state index contributed by atoms with van der Waals surface area (Å²) in [6, 6.07) is 0. The van der Waals surface area contributed by atoms with E-state index < -0.39 is 0 Å². The standard InChI is InChI=1S/C11H16N2OS/c1-2-5-12-11(14)8-3-4-9-10(6-8)15-7-13-9/h7-8H,2-6H2,1H3,(H,12,14). The van der Waals surface area contributed by atoms with Crippen molar-refractivity contribution < 1.29 is 4.79 Å². The van der Waals surface area contributed by atoms with E-state index in [1.165, 1.54) is 10.6 Å².